The van der Waals surface area contributed by atoms with E-state index in [4.69, 9.17) is 4.74 Å². The Labute approximate surface area is 150 Å². The molecule has 0 saturated heterocycles. The van der Waals surface area contributed by atoms with Crippen LogP contribution in [-0.4, -0.2) is 12.4 Å². The Hall–Kier alpha value is -2.75. The summed E-state index contributed by atoms with van der Waals surface area (Å²) in [5.74, 6) is 0.197. The zero-order chi connectivity index (χ0) is 18.1. The second kappa shape index (κ2) is 6.87. The van der Waals surface area contributed by atoms with Crippen LogP contribution >= 0.6 is 0 Å². The number of ketones is 1. The van der Waals surface area contributed by atoms with Crippen LogP contribution in [-0.2, 0) is 9.53 Å². The zero-order valence-corrected chi connectivity index (χ0v) is 14.2. The van der Waals surface area contributed by atoms with Crippen LogP contribution in [0.15, 0.2) is 65.4 Å². The fraction of sp³-hybridized carbons (Fsp3) is 0.227. The van der Waals surface area contributed by atoms with E-state index < -0.39 is 0 Å². The van der Waals surface area contributed by atoms with Gasteiger partial charge in [-0.25, -0.2) is 8.78 Å². The van der Waals surface area contributed by atoms with Crippen LogP contribution in [0.2, 0.25) is 0 Å². The molecule has 2 aromatic carbocycles. The number of ether oxygens (including phenoxy) is 1. The van der Waals surface area contributed by atoms with E-state index in [1.165, 1.54) is 24.3 Å². The summed E-state index contributed by atoms with van der Waals surface area (Å²) in [7, 11) is 0. The smallest absolute Gasteiger partial charge is 0.166 e. The van der Waals surface area contributed by atoms with Crippen LogP contribution in [0.4, 0.5) is 8.78 Å². The fourth-order valence-corrected chi connectivity index (χ4v) is 3.70. The van der Waals surface area contributed by atoms with Gasteiger partial charge < -0.3 is 4.74 Å². The molecule has 0 amide bonds. The number of hydrogen-bond donors (Lipinski definition) is 0. The van der Waals surface area contributed by atoms with E-state index in [1.807, 2.05) is 0 Å². The monoisotopic (exact) mass is 352 g/mol. The van der Waals surface area contributed by atoms with Crippen LogP contribution in [0.5, 0.6) is 0 Å². The molecule has 132 valence electrons. The van der Waals surface area contributed by atoms with E-state index in [-0.39, 0.29) is 17.4 Å². The minimum absolute atomic E-state index is 0.0858. The third-order valence-corrected chi connectivity index (χ3v) is 4.86. The second-order valence-electron chi connectivity index (χ2n) is 6.54. The van der Waals surface area contributed by atoms with Crippen molar-refractivity contribution in [3.63, 3.8) is 0 Å². The van der Waals surface area contributed by atoms with Crippen molar-refractivity contribution in [2.45, 2.75) is 25.7 Å². The van der Waals surface area contributed by atoms with Crippen LogP contribution < -0.4 is 0 Å². The van der Waals surface area contributed by atoms with Crippen LogP contribution in [0, 0.1) is 11.6 Å². The molecule has 4 heteroatoms. The zero-order valence-electron chi connectivity index (χ0n) is 14.2. The maximum Gasteiger partial charge on any atom is 0.166 e. The second-order valence-corrected chi connectivity index (χ2v) is 6.54. The van der Waals surface area contributed by atoms with Gasteiger partial charge in [0.05, 0.1) is 12.2 Å². The lowest BCUT2D eigenvalue weighted by Crippen LogP contribution is -2.21. The van der Waals surface area contributed by atoms with Gasteiger partial charge in [-0.2, -0.15) is 0 Å². The Morgan fingerprint density at radius 3 is 1.96 bits per heavy atom. The van der Waals surface area contributed by atoms with E-state index in [2.05, 4.69) is 0 Å². The highest BCUT2D eigenvalue weighted by molar-refractivity contribution is 6.04. The first kappa shape index (κ1) is 16.7. The summed E-state index contributed by atoms with van der Waals surface area (Å²) in [5, 5.41) is 0. The number of carbonyl (C=O) groups excluding carboxylic acids is 1. The lowest BCUT2D eigenvalue weighted by atomic mass is 9.81. The molecule has 0 unspecified atom stereocenters. The first-order chi connectivity index (χ1) is 12.6. The number of hydrogen-bond acceptors (Lipinski definition) is 2. The molecule has 0 N–H and O–H groups in total. The normalized spacial score (nSPS) is 17.0. The quantitative estimate of drug-likeness (QED) is 0.743. The number of benzene rings is 2. The largest absolute Gasteiger partial charge is 0.497 e. The number of carbonyl (C=O) groups is 1. The molecule has 2 aromatic rings. The summed E-state index contributed by atoms with van der Waals surface area (Å²) in [4.78, 5) is 12.6. The summed E-state index contributed by atoms with van der Waals surface area (Å²) in [6, 6.07) is 12.4. The summed E-state index contributed by atoms with van der Waals surface area (Å²) >= 11 is 0. The van der Waals surface area contributed by atoms with Gasteiger partial charge in [-0.3, -0.25) is 4.79 Å². The van der Waals surface area contributed by atoms with Gasteiger partial charge in [0.15, 0.2) is 5.78 Å². The SMILES string of the molecule is O=C1CCCC2=C1C(=C(c1ccc(F)cc1)c1ccc(F)cc1)CCO2. The summed E-state index contributed by atoms with van der Waals surface area (Å²) < 4.78 is 32.6. The van der Waals surface area contributed by atoms with Crippen molar-refractivity contribution >= 4 is 11.4 Å². The molecular weight excluding hydrogens is 334 g/mol. The number of Topliss-reactive ketones (excluding diaryl/α,β-unsaturated/α-hetero) is 1. The van der Waals surface area contributed by atoms with Crippen molar-refractivity contribution in [3.05, 3.63) is 88.2 Å². The van der Waals surface area contributed by atoms with E-state index in [0.29, 0.717) is 25.0 Å². The summed E-state index contributed by atoms with van der Waals surface area (Å²) in [6.45, 7) is 0.507. The average molecular weight is 352 g/mol. The number of allylic oxidation sites excluding steroid dienone is 2. The van der Waals surface area contributed by atoms with E-state index >= 15 is 0 Å². The van der Waals surface area contributed by atoms with Crippen molar-refractivity contribution in [2.24, 2.45) is 0 Å². The Morgan fingerprint density at radius 2 is 1.38 bits per heavy atom. The minimum atomic E-state index is -0.321. The molecule has 2 aliphatic rings. The maximum atomic E-state index is 13.4. The van der Waals surface area contributed by atoms with Gasteiger partial charge in [0.1, 0.15) is 17.4 Å². The van der Waals surface area contributed by atoms with Gasteiger partial charge in [-0.15, -0.1) is 0 Å². The van der Waals surface area contributed by atoms with Gasteiger partial charge in [-0.05, 0) is 53.0 Å². The Kier molecular flexibility index (Phi) is 4.41. The van der Waals surface area contributed by atoms with Gasteiger partial charge in [0.25, 0.3) is 0 Å². The molecule has 2 nitrogen and oxygen atoms in total. The minimum Gasteiger partial charge on any atom is -0.497 e. The molecule has 1 aliphatic carbocycles. The summed E-state index contributed by atoms with van der Waals surface area (Å²) in [6.07, 6.45) is 2.65. The summed E-state index contributed by atoms with van der Waals surface area (Å²) in [5.41, 5.74) is 4.02. The number of rotatable bonds is 2. The van der Waals surface area contributed by atoms with Gasteiger partial charge in [-0.1, -0.05) is 24.3 Å². The molecule has 0 aromatic heterocycles. The van der Waals surface area contributed by atoms with Crippen LogP contribution in [0.25, 0.3) is 5.57 Å². The molecule has 0 radical (unpaired) electrons. The molecule has 0 bridgehead atoms. The molecule has 0 fully saturated rings. The number of halogens is 2. The third-order valence-electron chi connectivity index (χ3n) is 4.86. The molecule has 4 rings (SSSR count). The molecule has 0 spiro atoms. The van der Waals surface area contributed by atoms with E-state index in [0.717, 1.165) is 40.9 Å². The van der Waals surface area contributed by atoms with E-state index in [9.17, 15) is 13.6 Å². The molecule has 1 heterocycles. The molecule has 1 aliphatic heterocycles. The highest BCUT2D eigenvalue weighted by Gasteiger charge is 2.30. The molecule has 26 heavy (non-hydrogen) atoms. The van der Waals surface area contributed by atoms with Crippen molar-refractivity contribution < 1.29 is 18.3 Å². The first-order valence-electron chi connectivity index (χ1n) is 8.78. The molecule has 0 atom stereocenters. The van der Waals surface area contributed by atoms with Gasteiger partial charge >= 0.3 is 0 Å². The van der Waals surface area contributed by atoms with Gasteiger partial charge in [0, 0.05) is 19.3 Å². The third kappa shape index (κ3) is 3.07. The Balaban J connectivity index is 1.97. The lowest BCUT2D eigenvalue weighted by Gasteiger charge is -2.29. The fourth-order valence-electron chi connectivity index (χ4n) is 3.70. The molecule has 0 saturated carbocycles. The lowest BCUT2D eigenvalue weighted by molar-refractivity contribution is -0.116. The van der Waals surface area contributed by atoms with Crippen molar-refractivity contribution in [1.29, 1.82) is 0 Å². The van der Waals surface area contributed by atoms with Crippen LogP contribution in [0.1, 0.15) is 36.8 Å². The topological polar surface area (TPSA) is 26.3 Å². The average Bonchev–Trinajstić information content (AvgIpc) is 2.65. The Morgan fingerprint density at radius 1 is 0.808 bits per heavy atom. The first-order valence-corrected chi connectivity index (χ1v) is 8.78. The van der Waals surface area contributed by atoms with Gasteiger partial charge in [0.2, 0.25) is 0 Å². The highest BCUT2D eigenvalue weighted by atomic mass is 19.1. The maximum absolute atomic E-state index is 13.4. The predicted octanol–water partition coefficient (Wildman–Crippen LogP) is 5.19. The standard InChI is InChI=1S/C22H18F2O2/c23-16-8-4-14(5-9-16)21(15-6-10-17(24)11-7-15)18-12-13-26-20-3-1-2-19(25)22(18)20/h4-11H,1-3,12-13H2. The van der Waals surface area contributed by atoms with Crippen LogP contribution in [0.3, 0.4) is 0 Å². The van der Waals surface area contributed by atoms with Crippen molar-refractivity contribution in [3.8, 4) is 0 Å². The predicted molar refractivity (Wildman–Crippen MR) is 95.3 cm³/mol. The van der Waals surface area contributed by atoms with Crippen molar-refractivity contribution in [2.75, 3.05) is 6.61 Å². The Bertz CT molecular complexity index is 855. The van der Waals surface area contributed by atoms with Crippen molar-refractivity contribution in [1.82, 2.24) is 0 Å². The van der Waals surface area contributed by atoms with E-state index in [1.54, 1.807) is 24.3 Å². The highest BCUT2D eigenvalue weighted by Crippen LogP contribution is 2.40. The molecular formula is C22H18F2O2.